The van der Waals surface area contributed by atoms with Gasteiger partial charge in [0.25, 0.3) is 5.91 Å². The molecule has 0 saturated heterocycles. The van der Waals surface area contributed by atoms with Crippen LogP contribution in [-0.2, 0) is 18.4 Å². The molecule has 0 saturated carbocycles. The zero-order valence-electron chi connectivity index (χ0n) is 12.4. The number of fused-ring (bicyclic) bond motifs is 5. The van der Waals surface area contributed by atoms with Gasteiger partial charge in [-0.2, -0.15) is 5.10 Å². The molecule has 2 aliphatic rings. The number of nitrogens with one attached hydrogen (secondary N) is 1. The number of carbonyl (C=O) groups excluding carboxylic acids is 1. The quantitative estimate of drug-likeness (QED) is 0.789. The number of aromatic nitrogens is 4. The smallest absolute Gasteiger partial charge is 0.269 e. The summed E-state index contributed by atoms with van der Waals surface area (Å²) >= 11 is 0. The Balaban J connectivity index is 2.04. The van der Waals surface area contributed by atoms with Crippen LogP contribution in [0, 0.1) is 6.92 Å². The zero-order valence-corrected chi connectivity index (χ0v) is 12.4. The van der Waals surface area contributed by atoms with Crippen molar-refractivity contribution in [2.45, 2.75) is 39.2 Å². The lowest BCUT2D eigenvalue weighted by molar-refractivity contribution is 0.0923. The molecule has 0 radical (unpaired) electrons. The van der Waals surface area contributed by atoms with Crippen molar-refractivity contribution < 1.29 is 4.79 Å². The molecule has 0 bridgehead atoms. The van der Waals surface area contributed by atoms with E-state index < -0.39 is 0 Å². The second-order valence-electron chi connectivity index (χ2n) is 6.39. The molecular weight excluding hydrogens is 266 g/mol. The highest BCUT2D eigenvalue weighted by Gasteiger charge is 2.38. The molecule has 0 spiro atoms. The second-order valence-corrected chi connectivity index (χ2v) is 6.39. The molecule has 0 fully saturated rings. The Morgan fingerprint density at radius 3 is 2.95 bits per heavy atom. The van der Waals surface area contributed by atoms with Crippen LogP contribution in [0.25, 0.3) is 11.4 Å². The van der Waals surface area contributed by atoms with Crippen LogP contribution < -0.4 is 5.32 Å². The van der Waals surface area contributed by atoms with Crippen molar-refractivity contribution >= 4 is 5.91 Å². The lowest BCUT2D eigenvalue weighted by Gasteiger charge is -2.31. The van der Waals surface area contributed by atoms with Crippen LogP contribution in [-0.4, -0.2) is 32.2 Å². The first-order chi connectivity index (χ1) is 9.97. The van der Waals surface area contributed by atoms with E-state index in [2.05, 4.69) is 34.2 Å². The Morgan fingerprint density at radius 1 is 1.33 bits per heavy atom. The molecule has 108 valence electrons. The molecule has 1 N–H and O–H groups in total. The van der Waals surface area contributed by atoms with Gasteiger partial charge < -0.3 is 5.32 Å². The van der Waals surface area contributed by atoms with Crippen molar-refractivity contribution in [1.82, 2.24) is 25.1 Å². The first kappa shape index (κ1) is 12.5. The van der Waals surface area contributed by atoms with Gasteiger partial charge in [-0.15, -0.1) is 0 Å². The number of nitrogens with zero attached hydrogens (tertiary/aromatic N) is 4. The van der Waals surface area contributed by atoms with Gasteiger partial charge >= 0.3 is 0 Å². The molecule has 1 amide bonds. The van der Waals surface area contributed by atoms with Crippen LogP contribution >= 0.6 is 0 Å². The first-order valence-corrected chi connectivity index (χ1v) is 7.20. The third kappa shape index (κ3) is 1.65. The van der Waals surface area contributed by atoms with Crippen LogP contribution in [0.4, 0.5) is 0 Å². The van der Waals surface area contributed by atoms with E-state index in [-0.39, 0.29) is 11.3 Å². The Labute approximate surface area is 122 Å². The van der Waals surface area contributed by atoms with Crippen molar-refractivity contribution in [1.29, 1.82) is 0 Å². The fourth-order valence-corrected chi connectivity index (χ4v) is 3.31. The SMILES string of the molecule is Cc1ncc2c(n1)-c1nn3c(c1CC2(C)C)C(=O)NCC3. The molecule has 21 heavy (non-hydrogen) atoms. The number of carbonyl (C=O) groups is 1. The topological polar surface area (TPSA) is 72.7 Å². The standard InChI is InChI=1S/C15H17N5O/c1-8-17-7-10-12(18-8)11-9(6-15(10,2)3)13-14(21)16-4-5-20(13)19-11/h7H,4-6H2,1-3H3,(H,16,21). The Hall–Kier alpha value is -2.24. The van der Waals surface area contributed by atoms with Gasteiger partial charge in [-0.3, -0.25) is 9.48 Å². The van der Waals surface area contributed by atoms with Crippen LogP contribution in [0.3, 0.4) is 0 Å². The maximum absolute atomic E-state index is 12.2. The summed E-state index contributed by atoms with van der Waals surface area (Å²) in [6, 6.07) is 0. The monoisotopic (exact) mass is 283 g/mol. The average Bonchev–Trinajstić information content (AvgIpc) is 2.77. The predicted molar refractivity (Wildman–Crippen MR) is 77.1 cm³/mol. The molecule has 6 nitrogen and oxygen atoms in total. The number of amides is 1. The highest BCUT2D eigenvalue weighted by Crippen LogP contribution is 2.42. The minimum Gasteiger partial charge on any atom is -0.349 e. The Morgan fingerprint density at radius 2 is 2.14 bits per heavy atom. The van der Waals surface area contributed by atoms with E-state index in [0.29, 0.717) is 18.8 Å². The highest BCUT2D eigenvalue weighted by atomic mass is 16.2. The molecule has 2 aromatic heterocycles. The van der Waals surface area contributed by atoms with Gasteiger partial charge in [0.15, 0.2) is 0 Å². The second kappa shape index (κ2) is 3.90. The molecule has 2 aromatic rings. The molecular formula is C15H17N5O. The van der Waals surface area contributed by atoms with Gasteiger partial charge in [0.2, 0.25) is 0 Å². The fourth-order valence-electron chi connectivity index (χ4n) is 3.31. The van der Waals surface area contributed by atoms with E-state index in [9.17, 15) is 4.79 Å². The normalized spacial score (nSPS) is 18.5. The minimum absolute atomic E-state index is 0.0278. The Bertz CT molecular complexity index is 775. The third-order valence-electron chi connectivity index (χ3n) is 4.36. The van der Waals surface area contributed by atoms with E-state index in [1.807, 2.05) is 17.8 Å². The van der Waals surface area contributed by atoms with Crippen LogP contribution in [0.2, 0.25) is 0 Å². The van der Waals surface area contributed by atoms with E-state index in [1.54, 1.807) is 0 Å². The third-order valence-corrected chi connectivity index (χ3v) is 4.36. The number of aryl methyl sites for hydroxylation is 1. The largest absolute Gasteiger partial charge is 0.349 e. The van der Waals surface area contributed by atoms with Crippen LogP contribution in [0.5, 0.6) is 0 Å². The van der Waals surface area contributed by atoms with E-state index in [0.717, 1.165) is 34.8 Å². The summed E-state index contributed by atoms with van der Waals surface area (Å²) in [6.07, 6.45) is 2.68. The predicted octanol–water partition coefficient (Wildman–Crippen LogP) is 1.23. The molecule has 1 aliphatic heterocycles. The summed E-state index contributed by atoms with van der Waals surface area (Å²) in [7, 11) is 0. The molecule has 4 rings (SSSR count). The summed E-state index contributed by atoms with van der Waals surface area (Å²) in [5.41, 5.74) is 4.45. The van der Waals surface area contributed by atoms with Gasteiger partial charge in [0.05, 0.1) is 12.2 Å². The maximum Gasteiger partial charge on any atom is 0.269 e. The van der Waals surface area contributed by atoms with Gasteiger partial charge in [-0.05, 0) is 18.8 Å². The molecule has 1 aliphatic carbocycles. The molecule has 3 heterocycles. The zero-order chi connectivity index (χ0) is 14.8. The van der Waals surface area contributed by atoms with Gasteiger partial charge in [0, 0.05) is 23.9 Å². The maximum atomic E-state index is 12.2. The lowest BCUT2D eigenvalue weighted by Crippen LogP contribution is -2.37. The minimum atomic E-state index is -0.0991. The van der Waals surface area contributed by atoms with Gasteiger partial charge in [-0.25, -0.2) is 9.97 Å². The lowest BCUT2D eigenvalue weighted by atomic mass is 9.73. The van der Waals surface area contributed by atoms with Crippen molar-refractivity contribution in [3.05, 3.63) is 28.8 Å². The van der Waals surface area contributed by atoms with Crippen LogP contribution in [0.15, 0.2) is 6.20 Å². The van der Waals surface area contributed by atoms with Gasteiger partial charge in [-0.1, -0.05) is 13.8 Å². The highest BCUT2D eigenvalue weighted by molar-refractivity contribution is 5.96. The van der Waals surface area contributed by atoms with Crippen LogP contribution in [0.1, 0.15) is 41.3 Å². The van der Waals surface area contributed by atoms with Crippen molar-refractivity contribution in [3.63, 3.8) is 0 Å². The number of hydrogen-bond acceptors (Lipinski definition) is 4. The van der Waals surface area contributed by atoms with Gasteiger partial charge in [0.1, 0.15) is 17.2 Å². The average molecular weight is 283 g/mol. The van der Waals surface area contributed by atoms with E-state index in [4.69, 9.17) is 0 Å². The number of hydrogen-bond donors (Lipinski definition) is 1. The first-order valence-electron chi connectivity index (χ1n) is 7.20. The summed E-state index contributed by atoms with van der Waals surface area (Å²) in [6.45, 7) is 7.56. The van der Waals surface area contributed by atoms with Crippen molar-refractivity contribution in [2.75, 3.05) is 6.54 Å². The fraction of sp³-hybridized carbons (Fsp3) is 0.467. The summed E-state index contributed by atoms with van der Waals surface area (Å²) in [5, 5.41) is 7.56. The summed E-state index contributed by atoms with van der Waals surface area (Å²) < 4.78 is 1.83. The van der Waals surface area contributed by atoms with Crippen molar-refractivity contribution in [3.8, 4) is 11.4 Å². The molecule has 0 aromatic carbocycles. The van der Waals surface area contributed by atoms with E-state index in [1.165, 1.54) is 0 Å². The summed E-state index contributed by atoms with van der Waals surface area (Å²) in [4.78, 5) is 21.1. The van der Waals surface area contributed by atoms with E-state index >= 15 is 0 Å². The Kier molecular flexibility index (Phi) is 2.32. The van der Waals surface area contributed by atoms with Crippen molar-refractivity contribution in [2.24, 2.45) is 0 Å². The molecule has 0 atom stereocenters. The molecule has 0 unspecified atom stereocenters. The number of rotatable bonds is 0. The summed E-state index contributed by atoms with van der Waals surface area (Å²) in [5.74, 6) is 0.702. The molecule has 6 heteroatoms.